The quantitative estimate of drug-likeness (QED) is 0.198. The average molecular weight is 363 g/mol. The first-order valence-electron chi connectivity index (χ1n) is 9.54. The number of rotatable bonds is 17. The van der Waals surface area contributed by atoms with Crippen molar-refractivity contribution in [3.8, 4) is 0 Å². The van der Waals surface area contributed by atoms with Gasteiger partial charge in [0.25, 0.3) is 0 Å². The van der Waals surface area contributed by atoms with Crippen molar-refractivity contribution in [2.24, 2.45) is 0 Å². The number of Topliss-reactive ketones (excluding diaryl/α,β-unsaturated/α-hetero) is 1. The molecule has 0 aromatic carbocycles. The summed E-state index contributed by atoms with van der Waals surface area (Å²) in [6, 6.07) is 0. The van der Waals surface area contributed by atoms with Gasteiger partial charge in [0, 0.05) is 6.42 Å². The van der Waals surface area contributed by atoms with Crippen molar-refractivity contribution in [2.45, 2.75) is 103 Å². The third-order valence-electron chi connectivity index (χ3n) is 4.27. The molecular formula is C18H36O5P+. The lowest BCUT2D eigenvalue weighted by Gasteiger charge is -2.03. The standard InChI is InChI=1S/C18H36O5P/c1-2-3-4-5-6-7-8-9-10-11-12-13-14-15-16-17(19)18(20)24(21,22)23/h21-23H,2-16H2,1H3/q+1. The summed E-state index contributed by atoms with van der Waals surface area (Å²) in [4.78, 5) is 48.6. The van der Waals surface area contributed by atoms with Crippen molar-refractivity contribution in [1.29, 1.82) is 0 Å². The van der Waals surface area contributed by atoms with Crippen LogP contribution in [0.25, 0.3) is 0 Å². The zero-order valence-electron chi connectivity index (χ0n) is 15.2. The Morgan fingerprint density at radius 3 is 1.29 bits per heavy atom. The molecule has 0 fully saturated rings. The molecule has 142 valence electrons. The molecule has 0 unspecified atom stereocenters. The van der Waals surface area contributed by atoms with Crippen LogP contribution < -0.4 is 0 Å². The first kappa shape index (κ1) is 23.6. The fourth-order valence-electron chi connectivity index (χ4n) is 2.75. The summed E-state index contributed by atoms with van der Waals surface area (Å²) < 4.78 is 0. The Hall–Kier alpha value is -0.350. The van der Waals surface area contributed by atoms with Crippen LogP contribution >= 0.6 is 7.94 Å². The molecule has 0 bridgehead atoms. The van der Waals surface area contributed by atoms with Crippen molar-refractivity contribution in [3.05, 3.63) is 0 Å². The second-order valence-corrected chi connectivity index (χ2v) is 8.19. The summed E-state index contributed by atoms with van der Waals surface area (Å²) in [7, 11) is -4.64. The smallest absolute Gasteiger partial charge is 0.286 e. The number of carbonyl (C=O) groups is 2. The Morgan fingerprint density at radius 1 is 0.625 bits per heavy atom. The van der Waals surface area contributed by atoms with Gasteiger partial charge in [-0.3, -0.25) is 4.79 Å². The third kappa shape index (κ3) is 14.0. The van der Waals surface area contributed by atoms with E-state index in [1.165, 1.54) is 64.2 Å². The van der Waals surface area contributed by atoms with Crippen LogP contribution in [-0.4, -0.2) is 26.0 Å². The van der Waals surface area contributed by atoms with E-state index in [2.05, 4.69) is 6.92 Å². The normalized spacial score (nSPS) is 11.7. The van der Waals surface area contributed by atoms with E-state index in [4.69, 9.17) is 14.7 Å². The monoisotopic (exact) mass is 363 g/mol. The highest BCUT2D eigenvalue weighted by Crippen LogP contribution is 2.45. The Balaban J connectivity index is 3.29. The molecule has 3 N–H and O–H groups in total. The Bertz CT molecular complexity index is 339. The van der Waals surface area contributed by atoms with Crippen molar-refractivity contribution in [2.75, 3.05) is 0 Å². The molecule has 0 aliphatic carbocycles. The van der Waals surface area contributed by atoms with Gasteiger partial charge in [0.2, 0.25) is 5.78 Å². The van der Waals surface area contributed by atoms with Gasteiger partial charge in [-0.05, 0) is 6.42 Å². The molecule has 0 rings (SSSR count). The summed E-state index contributed by atoms with van der Waals surface area (Å²) in [6.45, 7) is 2.24. The predicted molar refractivity (Wildman–Crippen MR) is 98.5 cm³/mol. The van der Waals surface area contributed by atoms with Crippen molar-refractivity contribution < 1.29 is 24.3 Å². The van der Waals surface area contributed by atoms with Crippen molar-refractivity contribution in [1.82, 2.24) is 0 Å². The fourth-order valence-corrected chi connectivity index (χ4v) is 3.20. The molecule has 0 aromatic heterocycles. The zero-order chi connectivity index (χ0) is 18.3. The molecular weight excluding hydrogens is 327 g/mol. The van der Waals surface area contributed by atoms with Gasteiger partial charge in [0.1, 0.15) is 0 Å². The van der Waals surface area contributed by atoms with Gasteiger partial charge in [-0.25, -0.2) is 4.79 Å². The maximum absolute atomic E-state index is 11.3. The van der Waals surface area contributed by atoms with Crippen LogP contribution in [0, 0.1) is 0 Å². The topological polar surface area (TPSA) is 94.8 Å². The summed E-state index contributed by atoms with van der Waals surface area (Å²) in [5, 5.41) is 0. The maximum Gasteiger partial charge on any atom is 0.487 e. The number of hydrogen-bond donors (Lipinski definition) is 3. The predicted octanol–water partition coefficient (Wildman–Crippen LogP) is 4.69. The molecule has 0 aliphatic heterocycles. The lowest BCUT2D eigenvalue weighted by Crippen LogP contribution is -2.17. The fraction of sp³-hybridized carbons (Fsp3) is 0.889. The van der Waals surface area contributed by atoms with Crippen LogP contribution in [0.2, 0.25) is 0 Å². The number of carbonyl (C=O) groups excluding carboxylic acids is 2. The van der Waals surface area contributed by atoms with E-state index >= 15 is 0 Å². The largest absolute Gasteiger partial charge is 0.487 e. The van der Waals surface area contributed by atoms with Crippen LogP contribution in [0.5, 0.6) is 0 Å². The van der Waals surface area contributed by atoms with E-state index in [0.29, 0.717) is 6.42 Å². The average Bonchev–Trinajstić information content (AvgIpc) is 2.53. The van der Waals surface area contributed by atoms with Crippen LogP contribution in [0.4, 0.5) is 0 Å². The highest BCUT2D eigenvalue weighted by molar-refractivity contribution is 7.78. The van der Waals surface area contributed by atoms with E-state index in [1.807, 2.05) is 0 Å². The molecule has 0 saturated heterocycles. The van der Waals surface area contributed by atoms with Crippen molar-refractivity contribution >= 4 is 19.3 Å². The minimum Gasteiger partial charge on any atom is -0.286 e. The van der Waals surface area contributed by atoms with Gasteiger partial charge < -0.3 is 0 Å². The first-order valence-corrected chi connectivity index (χ1v) is 11.2. The molecule has 24 heavy (non-hydrogen) atoms. The SMILES string of the molecule is CCCCCCCCCCCCCCCCC(=O)C(=O)[P+](O)(O)O. The molecule has 6 heteroatoms. The maximum atomic E-state index is 11.3. The molecule has 0 aliphatic rings. The van der Waals surface area contributed by atoms with Crippen LogP contribution in [0.3, 0.4) is 0 Å². The van der Waals surface area contributed by atoms with E-state index < -0.39 is 19.3 Å². The van der Waals surface area contributed by atoms with E-state index in [1.54, 1.807) is 0 Å². The van der Waals surface area contributed by atoms with Gasteiger partial charge in [0.05, 0.1) is 0 Å². The van der Waals surface area contributed by atoms with Crippen LogP contribution in [0.15, 0.2) is 0 Å². The summed E-state index contributed by atoms with van der Waals surface area (Å²) in [6.07, 6.45) is 16.8. The highest BCUT2D eigenvalue weighted by atomic mass is 31.2. The molecule has 0 radical (unpaired) electrons. The molecule has 0 heterocycles. The Labute approximate surface area is 147 Å². The van der Waals surface area contributed by atoms with Gasteiger partial charge in [-0.1, -0.05) is 90.4 Å². The lowest BCUT2D eigenvalue weighted by atomic mass is 10.0. The molecule has 0 spiro atoms. The van der Waals surface area contributed by atoms with Crippen LogP contribution in [0.1, 0.15) is 103 Å². The van der Waals surface area contributed by atoms with Crippen LogP contribution in [-0.2, 0) is 9.59 Å². The summed E-state index contributed by atoms with van der Waals surface area (Å²) in [5.74, 6) is -0.880. The van der Waals surface area contributed by atoms with Gasteiger partial charge in [-0.2, -0.15) is 14.7 Å². The molecule has 5 nitrogen and oxygen atoms in total. The molecule has 0 saturated carbocycles. The van der Waals surface area contributed by atoms with Gasteiger partial charge in [-0.15, -0.1) is 0 Å². The molecule has 0 aromatic rings. The summed E-state index contributed by atoms with van der Waals surface area (Å²) in [5.41, 5.74) is -1.43. The van der Waals surface area contributed by atoms with E-state index in [0.717, 1.165) is 19.3 Å². The first-order chi connectivity index (χ1) is 11.4. The highest BCUT2D eigenvalue weighted by Gasteiger charge is 2.46. The van der Waals surface area contributed by atoms with E-state index in [-0.39, 0.29) is 6.42 Å². The summed E-state index contributed by atoms with van der Waals surface area (Å²) >= 11 is 0. The number of unbranched alkanes of at least 4 members (excludes halogenated alkanes) is 13. The lowest BCUT2D eigenvalue weighted by molar-refractivity contribution is -0.133. The second kappa shape index (κ2) is 14.9. The van der Waals surface area contributed by atoms with Crippen molar-refractivity contribution in [3.63, 3.8) is 0 Å². The number of hydrogen-bond acceptors (Lipinski definition) is 5. The zero-order valence-corrected chi connectivity index (χ0v) is 16.1. The minimum atomic E-state index is -4.64. The molecule has 0 atom stereocenters. The van der Waals surface area contributed by atoms with Gasteiger partial charge >= 0.3 is 13.5 Å². The van der Waals surface area contributed by atoms with E-state index in [9.17, 15) is 9.59 Å². The number of ketones is 1. The Kier molecular flexibility index (Phi) is 14.7. The third-order valence-corrected chi connectivity index (χ3v) is 5.06. The second-order valence-electron chi connectivity index (χ2n) is 6.64. The molecule has 0 amide bonds. The Morgan fingerprint density at radius 2 is 0.958 bits per heavy atom. The van der Waals surface area contributed by atoms with Gasteiger partial charge in [0.15, 0.2) is 0 Å². The minimum absolute atomic E-state index is 0.0136.